The molecule has 1 aromatic rings. The van der Waals surface area contributed by atoms with Gasteiger partial charge in [-0.05, 0) is 57.3 Å². The van der Waals surface area contributed by atoms with Gasteiger partial charge in [0.15, 0.2) is 5.96 Å². The largest absolute Gasteiger partial charge is 0.356 e. The lowest BCUT2D eigenvalue weighted by molar-refractivity contribution is 0.315. The third-order valence-corrected chi connectivity index (χ3v) is 6.47. The fourth-order valence-corrected chi connectivity index (χ4v) is 4.97. The van der Waals surface area contributed by atoms with Crippen molar-refractivity contribution in [3.63, 3.8) is 0 Å². The smallest absolute Gasteiger partial charge is 0.191 e. The van der Waals surface area contributed by atoms with Crippen LogP contribution < -0.4 is 10.6 Å². The molecular weight excluding hydrogens is 419 g/mol. The van der Waals surface area contributed by atoms with Crippen LogP contribution >= 0.6 is 35.3 Å². The molecule has 1 aromatic heterocycles. The monoisotopic (exact) mass is 448 g/mol. The zero-order chi connectivity index (χ0) is 15.5. The molecule has 4 nitrogen and oxygen atoms in total. The predicted octanol–water partition coefficient (Wildman–Crippen LogP) is 3.87. The molecule has 2 N–H and O–H groups in total. The molecule has 3 atom stereocenters. The van der Waals surface area contributed by atoms with Gasteiger partial charge >= 0.3 is 0 Å². The topological polar surface area (TPSA) is 49.3 Å². The number of hydrogen-bond donors (Lipinski definition) is 2. The molecule has 2 saturated carbocycles. The molecular formula is C17H29IN4S. The average Bonchev–Trinajstić information content (AvgIpc) is 3.19. The van der Waals surface area contributed by atoms with E-state index in [1.165, 1.54) is 37.0 Å². The summed E-state index contributed by atoms with van der Waals surface area (Å²) in [7, 11) is 1.84. The van der Waals surface area contributed by atoms with Gasteiger partial charge in [-0.2, -0.15) is 0 Å². The lowest BCUT2D eigenvalue weighted by Crippen LogP contribution is -2.38. The van der Waals surface area contributed by atoms with Crippen molar-refractivity contribution >= 4 is 41.3 Å². The Morgan fingerprint density at radius 3 is 2.65 bits per heavy atom. The van der Waals surface area contributed by atoms with Crippen LogP contribution in [0.15, 0.2) is 4.99 Å². The second-order valence-electron chi connectivity index (χ2n) is 6.83. The Morgan fingerprint density at radius 2 is 2.09 bits per heavy atom. The van der Waals surface area contributed by atoms with Gasteiger partial charge in [0, 0.05) is 18.5 Å². The molecule has 0 saturated heterocycles. The van der Waals surface area contributed by atoms with Gasteiger partial charge in [-0.3, -0.25) is 4.99 Å². The fraction of sp³-hybridized carbons (Fsp3) is 0.765. The zero-order valence-electron chi connectivity index (χ0n) is 14.4. The van der Waals surface area contributed by atoms with E-state index in [0.717, 1.165) is 47.5 Å². The Morgan fingerprint density at radius 1 is 1.26 bits per heavy atom. The summed E-state index contributed by atoms with van der Waals surface area (Å²) < 4.78 is 0. The van der Waals surface area contributed by atoms with Crippen LogP contribution in [0.25, 0.3) is 0 Å². The molecule has 1 heterocycles. The number of rotatable bonds is 5. The van der Waals surface area contributed by atoms with E-state index in [2.05, 4.69) is 34.5 Å². The number of aromatic nitrogens is 1. The van der Waals surface area contributed by atoms with Crippen LogP contribution in [0.1, 0.15) is 47.7 Å². The molecule has 6 heteroatoms. The highest BCUT2D eigenvalue weighted by Gasteiger charge is 2.38. The van der Waals surface area contributed by atoms with E-state index >= 15 is 0 Å². The molecule has 0 aliphatic heterocycles. The Labute approximate surface area is 161 Å². The second-order valence-corrected chi connectivity index (χ2v) is 8.11. The molecule has 2 fully saturated rings. The van der Waals surface area contributed by atoms with Gasteiger partial charge in [0.1, 0.15) is 5.01 Å². The minimum atomic E-state index is 0. The Hall–Kier alpha value is -0.370. The summed E-state index contributed by atoms with van der Waals surface area (Å²) in [5, 5.41) is 7.97. The molecule has 0 radical (unpaired) electrons. The first-order valence-corrected chi connectivity index (χ1v) is 9.34. The third kappa shape index (κ3) is 4.81. The summed E-state index contributed by atoms with van der Waals surface area (Å²) in [5.41, 5.74) is 1.14. The summed E-state index contributed by atoms with van der Waals surface area (Å²) in [4.78, 5) is 10.2. The zero-order valence-corrected chi connectivity index (χ0v) is 17.5. The van der Waals surface area contributed by atoms with Crippen molar-refractivity contribution in [3.05, 3.63) is 15.6 Å². The van der Waals surface area contributed by atoms with Gasteiger partial charge in [-0.1, -0.05) is 6.42 Å². The summed E-state index contributed by atoms with van der Waals surface area (Å²) in [6.07, 6.45) is 7.23. The molecule has 3 rings (SSSR count). The van der Waals surface area contributed by atoms with Crippen LogP contribution in [-0.2, 0) is 6.54 Å². The lowest BCUT2D eigenvalue weighted by Gasteiger charge is -2.22. The molecule has 2 bridgehead atoms. The number of halogens is 1. The summed E-state index contributed by atoms with van der Waals surface area (Å²) in [6.45, 7) is 5.98. The van der Waals surface area contributed by atoms with Crippen molar-refractivity contribution in [2.45, 2.75) is 52.5 Å². The Balaban J connectivity index is 0.00000192. The van der Waals surface area contributed by atoms with E-state index in [4.69, 9.17) is 0 Å². The summed E-state index contributed by atoms with van der Waals surface area (Å²) in [6, 6.07) is 0. The number of guanidine groups is 1. The molecule has 2 aliphatic carbocycles. The average molecular weight is 448 g/mol. The quantitative estimate of drug-likeness (QED) is 0.409. The van der Waals surface area contributed by atoms with Crippen molar-refractivity contribution in [3.8, 4) is 0 Å². The minimum absolute atomic E-state index is 0. The summed E-state index contributed by atoms with van der Waals surface area (Å²) in [5.74, 6) is 3.91. The normalized spacial score (nSPS) is 26.2. The van der Waals surface area contributed by atoms with Crippen molar-refractivity contribution in [1.82, 2.24) is 15.6 Å². The predicted molar refractivity (Wildman–Crippen MR) is 109 cm³/mol. The molecule has 0 amide bonds. The van der Waals surface area contributed by atoms with Gasteiger partial charge in [0.2, 0.25) is 0 Å². The van der Waals surface area contributed by atoms with Crippen molar-refractivity contribution in [1.29, 1.82) is 0 Å². The van der Waals surface area contributed by atoms with E-state index in [9.17, 15) is 0 Å². The van der Waals surface area contributed by atoms with Crippen LogP contribution in [0.3, 0.4) is 0 Å². The number of thiazole rings is 1. The van der Waals surface area contributed by atoms with E-state index in [0.29, 0.717) is 0 Å². The summed E-state index contributed by atoms with van der Waals surface area (Å²) >= 11 is 1.76. The van der Waals surface area contributed by atoms with Crippen LogP contribution in [-0.4, -0.2) is 24.5 Å². The number of aliphatic imine (C=N–C) groups is 1. The van der Waals surface area contributed by atoms with E-state index in [1.807, 2.05) is 7.05 Å². The fourth-order valence-electron chi connectivity index (χ4n) is 4.10. The molecule has 2 aliphatic rings. The molecule has 0 aromatic carbocycles. The minimum Gasteiger partial charge on any atom is -0.356 e. The standard InChI is InChI=1S/C17H28N4S.HI/c1-11-12(2)22-16(21-11)10-20-17(18-3)19-7-6-15-9-13-4-5-14(15)8-13;/h13-15H,4-10H2,1-3H3,(H2,18,19,20);1H. The van der Waals surface area contributed by atoms with Crippen LogP contribution in [0, 0.1) is 31.6 Å². The number of hydrogen-bond acceptors (Lipinski definition) is 3. The Bertz CT molecular complexity index is 523. The van der Waals surface area contributed by atoms with Crippen LogP contribution in [0.4, 0.5) is 0 Å². The molecule has 130 valence electrons. The maximum atomic E-state index is 4.56. The van der Waals surface area contributed by atoms with Crippen molar-refractivity contribution in [2.24, 2.45) is 22.7 Å². The number of nitrogens with zero attached hydrogens (tertiary/aromatic N) is 2. The number of fused-ring (bicyclic) bond motifs is 2. The number of nitrogens with one attached hydrogen (secondary N) is 2. The van der Waals surface area contributed by atoms with Gasteiger partial charge < -0.3 is 10.6 Å². The maximum absolute atomic E-state index is 4.56. The van der Waals surface area contributed by atoms with Gasteiger partial charge in [-0.25, -0.2) is 4.98 Å². The van der Waals surface area contributed by atoms with Gasteiger partial charge in [-0.15, -0.1) is 35.3 Å². The second kappa shape index (κ2) is 8.65. The van der Waals surface area contributed by atoms with E-state index < -0.39 is 0 Å². The lowest BCUT2D eigenvalue weighted by atomic mass is 9.86. The number of aryl methyl sites for hydroxylation is 2. The first kappa shape index (κ1) is 19.0. The van der Waals surface area contributed by atoms with Crippen molar-refractivity contribution in [2.75, 3.05) is 13.6 Å². The van der Waals surface area contributed by atoms with Crippen molar-refractivity contribution < 1.29 is 0 Å². The highest BCUT2D eigenvalue weighted by molar-refractivity contribution is 14.0. The van der Waals surface area contributed by atoms with Gasteiger partial charge in [0.25, 0.3) is 0 Å². The highest BCUT2D eigenvalue weighted by Crippen LogP contribution is 2.49. The van der Waals surface area contributed by atoms with Crippen LogP contribution in [0.5, 0.6) is 0 Å². The molecule has 3 unspecified atom stereocenters. The third-order valence-electron chi connectivity index (χ3n) is 5.40. The Kier molecular flexibility index (Phi) is 7.13. The van der Waals surface area contributed by atoms with Crippen LogP contribution in [0.2, 0.25) is 0 Å². The maximum Gasteiger partial charge on any atom is 0.191 e. The highest BCUT2D eigenvalue weighted by atomic mass is 127. The molecule has 0 spiro atoms. The SMILES string of the molecule is CN=C(NCCC1CC2CCC1C2)NCc1nc(C)c(C)s1.I. The van der Waals surface area contributed by atoms with E-state index in [-0.39, 0.29) is 24.0 Å². The van der Waals surface area contributed by atoms with Gasteiger partial charge in [0.05, 0.1) is 12.2 Å². The van der Waals surface area contributed by atoms with E-state index in [1.54, 1.807) is 11.3 Å². The first-order chi connectivity index (χ1) is 10.7. The first-order valence-electron chi connectivity index (χ1n) is 8.53. The molecule has 23 heavy (non-hydrogen) atoms.